The van der Waals surface area contributed by atoms with E-state index in [1.807, 2.05) is 0 Å². The van der Waals surface area contributed by atoms with E-state index in [2.05, 4.69) is 55.6 Å². The Morgan fingerprint density at radius 1 is 1.33 bits per heavy atom. The number of nitrogens with one attached hydrogen (secondary N) is 1. The van der Waals surface area contributed by atoms with E-state index in [9.17, 15) is 0 Å². The molecular weight excluding hydrogens is 260 g/mol. The van der Waals surface area contributed by atoms with Crippen molar-refractivity contribution >= 4 is 0 Å². The molecule has 2 unspecified atom stereocenters. The van der Waals surface area contributed by atoms with Crippen molar-refractivity contribution in [2.24, 2.45) is 0 Å². The molecule has 21 heavy (non-hydrogen) atoms. The van der Waals surface area contributed by atoms with E-state index in [1.54, 1.807) is 0 Å². The summed E-state index contributed by atoms with van der Waals surface area (Å²) in [6, 6.07) is 2.93. The number of nitrogens with zero attached hydrogens (tertiary/aromatic N) is 3. The van der Waals surface area contributed by atoms with Crippen LogP contribution in [-0.4, -0.2) is 39.4 Å². The largest absolute Gasteiger partial charge is 0.309 e. The first-order chi connectivity index (χ1) is 10.0. The third-order valence-corrected chi connectivity index (χ3v) is 5.03. The monoisotopic (exact) mass is 292 g/mol. The molecule has 1 aliphatic rings. The van der Waals surface area contributed by atoms with Gasteiger partial charge in [-0.2, -0.15) is 5.10 Å². The highest BCUT2D eigenvalue weighted by Crippen LogP contribution is 2.22. The average Bonchev–Trinajstić information content (AvgIpc) is 2.90. The van der Waals surface area contributed by atoms with E-state index in [0.717, 1.165) is 32.6 Å². The Hall–Kier alpha value is -0.870. The van der Waals surface area contributed by atoms with Crippen LogP contribution in [0, 0.1) is 0 Å². The molecule has 2 rings (SSSR count). The minimum absolute atomic E-state index is 0.246. The summed E-state index contributed by atoms with van der Waals surface area (Å²) in [6.45, 7) is 15.5. The Balaban J connectivity index is 2.16. The second-order valence-electron chi connectivity index (χ2n) is 6.56. The Morgan fingerprint density at radius 3 is 2.67 bits per heavy atom. The molecule has 0 amide bonds. The van der Waals surface area contributed by atoms with Gasteiger partial charge in [0.1, 0.15) is 0 Å². The highest BCUT2D eigenvalue weighted by molar-refractivity contribution is 5.11. The van der Waals surface area contributed by atoms with Gasteiger partial charge in [0, 0.05) is 37.8 Å². The van der Waals surface area contributed by atoms with Crippen molar-refractivity contribution in [2.45, 2.75) is 78.6 Å². The van der Waals surface area contributed by atoms with Gasteiger partial charge in [0.05, 0.1) is 11.4 Å². The maximum atomic E-state index is 4.69. The number of aromatic nitrogens is 2. The van der Waals surface area contributed by atoms with Crippen molar-refractivity contribution in [1.29, 1.82) is 0 Å². The first-order valence-electron chi connectivity index (χ1n) is 8.59. The third kappa shape index (κ3) is 3.67. The van der Waals surface area contributed by atoms with Crippen LogP contribution in [0.2, 0.25) is 0 Å². The summed E-state index contributed by atoms with van der Waals surface area (Å²) < 4.78 is 2.18. The second kappa shape index (κ2) is 6.93. The van der Waals surface area contributed by atoms with Crippen LogP contribution in [0.3, 0.4) is 0 Å². The zero-order chi connectivity index (χ0) is 15.5. The highest BCUT2D eigenvalue weighted by atomic mass is 15.3. The lowest BCUT2D eigenvalue weighted by molar-refractivity contribution is 0.0731. The van der Waals surface area contributed by atoms with E-state index in [4.69, 9.17) is 5.10 Å². The van der Waals surface area contributed by atoms with Crippen molar-refractivity contribution < 1.29 is 0 Å². The lowest BCUT2D eigenvalue weighted by Gasteiger charge is -2.46. The van der Waals surface area contributed by atoms with Gasteiger partial charge in [0.25, 0.3) is 0 Å². The van der Waals surface area contributed by atoms with Crippen molar-refractivity contribution in [2.75, 3.05) is 13.1 Å². The number of hydrogen-bond donors (Lipinski definition) is 1. The molecule has 0 spiro atoms. The lowest BCUT2D eigenvalue weighted by Crippen LogP contribution is -2.62. The summed E-state index contributed by atoms with van der Waals surface area (Å²) in [7, 11) is 0. The maximum Gasteiger partial charge on any atom is 0.0625 e. The van der Waals surface area contributed by atoms with Crippen LogP contribution in [0.5, 0.6) is 0 Å². The smallest absolute Gasteiger partial charge is 0.0625 e. The SMILES string of the molecule is CCc1cc(CN2CC(C)(CC)NCC2CC)n(CC)n1. The Morgan fingerprint density at radius 2 is 2.10 bits per heavy atom. The predicted octanol–water partition coefficient (Wildman–Crippen LogP) is 2.82. The first-order valence-corrected chi connectivity index (χ1v) is 8.59. The second-order valence-corrected chi connectivity index (χ2v) is 6.56. The van der Waals surface area contributed by atoms with E-state index >= 15 is 0 Å². The number of piperazine rings is 1. The van der Waals surface area contributed by atoms with E-state index in [1.165, 1.54) is 24.2 Å². The summed E-state index contributed by atoms with van der Waals surface area (Å²) in [5, 5.41) is 8.44. The molecule has 0 aliphatic carbocycles. The molecule has 0 bridgehead atoms. The summed E-state index contributed by atoms with van der Waals surface area (Å²) in [4.78, 5) is 2.66. The lowest BCUT2D eigenvalue weighted by atomic mass is 9.92. The molecule has 1 fully saturated rings. The predicted molar refractivity (Wildman–Crippen MR) is 88.5 cm³/mol. The van der Waals surface area contributed by atoms with Gasteiger partial charge in [-0.25, -0.2) is 0 Å². The van der Waals surface area contributed by atoms with E-state index in [0.29, 0.717) is 6.04 Å². The summed E-state index contributed by atoms with van der Waals surface area (Å²) in [6.07, 6.45) is 3.40. The molecule has 4 nitrogen and oxygen atoms in total. The van der Waals surface area contributed by atoms with Crippen LogP contribution in [0.4, 0.5) is 0 Å². The fraction of sp³-hybridized carbons (Fsp3) is 0.824. The normalized spacial score (nSPS) is 27.2. The van der Waals surface area contributed by atoms with Crippen molar-refractivity contribution in [3.05, 3.63) is 17.5 Å². The molecule has 0 saturated carbocycles. The van der Waals surface area contributed by atoms with Crippen molar-refractivity contribution in [1.82, 2.24) is 20.0 Å². The molecular formula is C17H32N4. The van der Waals surface area contributed by atoms with E-state index in [-0.39, 0.29) is 5.54 Å². The van der Waals surface area contributed by atoms with Crippen LogP contribution in [0.25, 0.3) is 0 Å². The van der Waals surface area contributed by atoms with Gasteiger partial charge in [0.2, 0.25) is 0 Å². The molecule has 0 radical (unpaired) electrons. The molecule has 1 aromatic rings. The topological polar surface area (TPSA) is 33.1 Å². The number of hydrogen-bond acceptors (Lipinski definition) is 3. The van der Waals surface area contributed by atoms with Crippen LogP contribution < -0.4 is 5.32 Å². The molecule has 2 heterocycles. The van der Waals surface area contributed by atoms with Gasteiger partial charge in [-0.1, -0.05) is 20.8 Å². The third-order valence-electron chi connectivity index (χ3n) is 5.03. The Bertz CT molecular complexity index is 454. The summed E-state index contributed by atoms with van der Waals surface area (Å²) in [5.74, 6) is 0. The standard InChI is InChI=1S/C17H32N4/c1-6-14-10-16(21(9-4)19-14)12-20-13-17(5,8-3)18-11-15(20)7-2/h10,15,18H,6-9,11-13H2,1-5H3. The average molecular weight is 292 g/mol. The molecule has 120 valence electrons. The zero-order valence-corrected chi connectivity index (χ0v) is 14.4. The molecule has 1 N–H and O–H groups in total. The van der Waals surface area contributed by atoms with E-state index < -0.39 is 0 Å². The number of aryl methyl sites for hydroxylation is 2. The van der Waals surface area contributed by atoms with Gasteiger partial charge < -0.3 is 5.32 Å². The van der Waals surface area contributed by atoms with Gasteiger partial charge in [-0.3, -0.25) is 9.58 Å². The zero-order valence-electron chi connectivity index (χ0n) is 14.4. The Labute approximate surface area is 129 Å². The van der Waals surface area contributed by atoms with Crippen molar-refractivity contribution in [3.8, 4) is 0 Å². The molecule has 1 aliphatic heterocycles. The van der Waals surface area contributed by atoms with Crippen LogP contribution >= 0.6 is 0 Å². The molecule has 1 aromatic heterocycles. The van der Waals surface area contributed by atoms with Crippen molar-refractivity contribution in [3.63, 3.8) is 0 Å². The minimum Gasteiger partial charge on any atom is -0.309 e. The van der Waals surface area contributed by atoms with Gasteiger partial charge in [-0.05, 0) is 39.2 Å². The minimum atomic E-state index is 0.246. The molecule has 2 atom stereocenters. The van der Waals surface area contributed by atoms with Gasteiger partial charge in [-0.15, -0.1) is 0 Å². The van der Waals surface area contributed by atoms with Gasteiger partial charge >= 0.3 is 0 Å². The maximum absolute atomic E-state index is 4.69. The highest BCUT2D eigenvalue weighted by Gasteiger charge is 2.34. The fourth-order valence-corrected chi connectivity index (χ4v) is 3.25. The fourth-order valence-electron chi connectivity index (χ4n) is 3.25. The molecule has 4 heteroatoms. The quantitative estimate of drug-likeness (QED) is 0.875. The first kappa shape index (κ1) is 16.5. The van der Waals surface area contributed by atoms with Crippen LogP contribution in [-0.2, 0) is 19.5 Å². The summed E-state index contributed by atoms with van der Waals surface area (Å²) >= 11 is 0. The Kier molecular flexibility index (Phi) is 5.44. The van der Waals surface area contributed by atoms with Crippen LogP contribution in [0.15, 0.2) is 6.07 Å². The summed E-state index contributed by atoms with van der Waals surface area (Å²) in [5.41, 5.74) is 2.83. The number of rotatable bonds is 6. The van der Waals surface area contributed by atoms with Crippen LogP contribution in [0.1, 0.15) is 58.8 Å². The molecule has 1 saturated heterocycles. The van der Waals surface area contributed by atoms with Gasteiger partial charge in [0.15, 0.2) is 0 Å². The molecule has 0 aromatic carbocycles.